The van der Waals surface area contributed by atoms with Crippen LogP contribution in [0.15, 0.2) is 18.7 Å². The van der Waals surface area contributed by atoms with E-state index in [-0.39, 0.29) is 11.9 Å². The number of imidazole rings is 1. The van der Waals surface area contributed by atoms with E-state index in [2.05, 4.69) is 25.3 Å². The molecule has 0 radical (unpaired) electrons. The Morgan fingerprint density at radius 3 is 2.75 bits per heavy atom. The van der Waals surface area contributed by atoms with Gasteiger partial charge in [-0.15, -0.1) is 0 Å². The first-order valence-corrected chi connectivity index (χ1v) is 6.92. The molecule has 2 N–H and O–H groups in total. The van der Waals surface area contributed by atoms with Gasteiger partial charge in [-0.05, 0) is 24.4 Å². The van der Waals surface area contributed by atoms with E-state index in [1.165, 1.54) is 0 Å². The molecule has 2 aromatic heterocycles. The molecule has 20 heavy (non-hydrogen) atoms. The van der Waals surface area contributed by atoms with Gasteiger partial charge >= 0.3 is 0 Å². The van der Waals surface area contributed by atoms with Crippen molar-refractivity contribution in [3.63, 3.8) is 0 Å². The Balaban J connectivity index is 1.88. The fourth-order valence-corrected chi connectivity index (χ4v) is 1.86. The van der Waals surface area contributed by atoms with Crippen LogP contribution in [0.4, 0.5) is 5.95 Å². The zero-order chi connectivity index (χ0) is 14.2. The summed E-state index contributed by atoms with van der Waals surface area (Å²) in [4.78, 5) is 16.3. The molecule has 2 aromatic rings. The first kappa shape index (κ1) is 14.7. The van der Waals surface area contributed by atoms with Gasteiger partial charge < -0.3 is 10.4 Å². The molecule has 0 aliphatic carbocycles. The number of nitrogens with zero attached hydrogens (tertiary/aromatic N) is 5. The van der Waals surface area contributed by atoms with Crippen molar-refractivity contribution in [3.8, 4) is 5.95 Å². The van der Waals surface area contributed by atoms with Crippen molar-refractivity contribution in [2.75, 3.05) is 18.5 Å². The molecule has 0 aliphatic heterocycles. The molecule has 2 rings (SSSR count). The summed E-state index contributed by atoms with van der Waals surface area (Å²) in [7, 11) is 0. The summed E-state index contributed by atoms with van der Waals surface area (Å²) in [5.41, 5.74) is 0. The maximum Gasteiger partial charge on any atom is 0.241 e. The summed E-state index contributed by atoms with van der Waals surface area (Å²) >= 11 is 5.88. The summed E-state index contributed by atoms with van der Waals surface area (Å²) in [5, 5.41) is 12.0. The molecule has 0 unspecified atom stereocenters. The molecule has 8 heteroatoms. The van der Waals surface area contributed by atoms with Gasteiger partial charge in [-0.3, -0.25) is 4.57 Å². The highest BCUT2D eigenvalue weighted by atomic mass is 35.5. The van der Waals surface area contributed by atoms with Crippen LogP contribution >= 0.6 is 11.6 Å². The van der Waals surface area contributed by atoms with Crippen LogP contribution in [0.2, 0.25) is 5.28 Å². The molecule has 0 fully saturated rings. The largest absolute Gasteiger partial charge is 0.396 e. The Labute approximate surface area is 122 Å². The fourth-order valence-electron chi connectivity index (χ4n) is 1.70. The molecule has 0 aromatic carbocycles. The summed E-state index contributed by atoms with van der Waals surface area (Å²) in [6.07, 6.45) is 8.91. The van der Waals surface area contributed by atoms with Gasteiger partial charge in [0.1, 0.15) is 6.33 Å². The summed E-state index contributed by atoms with van der Waals surface area (Å²) in [6.45, 7) is 1.01. The van der Waals surface area contributed by atoms with Crippen LogP contribution in [-0.4, -0.2) is 42.8 Å². The molecule has 0 saturated carbocycles. The Hall–Kier alpha value is -1.73. The van der Waals surface area contributed by atoms with Crippen LogP contribution < -0.4 is 5.32 Å². The van der Waals surface area contributed by atoms with Crippen molar-refractivity contribution in [2.24, 2.45) is 0 Å². The maximum atomic E-state index is 8.69. The predicted octanol–water partition coefficient (Wildman–Crippen LogP) is 1.68. The number of aliphatic hydroxyl groups is 1. The van der Waals surface area contributed by atoms with Crippen molar-refractivity contribution < 1.29 is 5.11 Å². The van der Waals surface area contributed by atoms with E-state index >= 15 is 0 Å². The topological polar surface area (TPSA) is 88.8 Å². The molecule has 7 nitrogen and oxygen atoms in total. The van der Waals surface area contributed by atoms with Gasteiger partial charge in [0, 0.05) is 25.5 Å². The highest BCUT2D eigenvalue weighted by Gasteiger charge is 2.06. The minimum absolute atomic E-state index is 0.145. The second-order valence-corrected chi connectivity index (χ2v) is 4.60. The highest BCUT2D eigenvalue weighted by molar-refractivity contribution is 6.28. The first-order chi connectivity index (χ1) is 9.79. The van der Waals surface area contributed by atoms with Crippen molar-refractivity contribution in [3.05, 3.63) is 24.0 Å². The molecular formula is C12H17ClN6O. The van der Waals surface area contributed by atoms with Crippen LogP contribution in [0.3, 0.4) is 0 Å². The van der Waals surface area contributed by atoms with Gasteiger partial charge in [-0.1, -0.05) is 12.8 Å². The van der Waals surface area contributed by atoms with Crippen LogP contribution in [0.5, 0.6) is 0 Å². The number of hydrogen-bond acceptors (Lipinski definition) is 6. The summed E-state index contributed by atoms with van der Waals surface area (Å²) in [5.74, 6) is 0.890. The van der Waals surface area contributed by atoms with E-state index in [4.69, 9.17) is 16.7 Å². The molecule has 0 atom stereocenters. The summed E-state index contributed by atoms with van der Waals surface area (Å²) < 4.78 is 1.67. The van der Waals surface area contributed by atoms with E-state index in [9.17, 15) is 0 Å². The summed E-state index contributed by atoms with van der Waals surface area (Å²) in [6, 6.07) is 0. The van der Waals surface area contributed by atoms with Gasteiger partial charge in [-0.2, -0.15) is 15.0 Å². The van der Waals surface area contributed by atoms with Crippen molar-refractivity contribution in [2.45, 2.75) is 25.7 Å². The van der Waals surface area contributed by atoms with E-state index in [1.54, 1.807) is 23.3 Å². The third kappa shape index (κ3) is 4.43. The molecular weight excluding hydrogens is 280 g/mol. The third-order valence-corrected chi connectivity index (χ3v) is 2.87. The SMILES string of the molecule is OCCCCCCNc1nc(Cl)nc(-n2ccnc2)n1. The normalized spacial score (nSPS) is 10.7. The fraction of sp³-hybridized carbons (Fsp3) is 0.500. The lowest BCUT2D eigenvalue weighted by Crippen LogP contribution is -2.09. The molecule has 2 heterocycles. The lowest BCUT2D eigenvalue weighted by Gasteiger charge is -2.06. The number of aliphatic hydroxyl groups excluding tert-OH is 1. The highest BCUT2D eigenvalue weighted by Crippen LogP contribution is 2.09. The molecule has 0 aliphatic rings. The zero-order valence-electron chi connectivity index (χ0n) is 11.0. The molecule has 108 valence electrons. The molecule has 0 amide bonds. The number of unbranched alkanes of at least 4 members (excludes halogenated alkanes) is 3. The Morgan fingerprint density at radius 1 is 1.15 bits per heavy atom. The van der Waals surface area contributed by atoms with Gasteiger partial charge in [0.2, 0.25) is 17.2 Å². The molecule has 0 spiro atoms. The predicted molar refractivity (Wildman–Crippen MR) is 76.0 cm³/mol. The number of rotatable bonds is 8. The van der Waals surface area contributed by atoms with Crippen LogP contribution in [0.1, 0.15) is 25.7 Å². The lowest BCUT2D eigenvalue weighted by atomic mass is 10.2. The number of aromatic nitrogens is 5. The molecule has 0 bridgehead atoms. The smallest absolute Gasteiger partial charge is 0.241 e. The number of anilines is 1. The standard InChI is InChI=1S/C12H17ClN6O/c13-10-16-11(15-5-3-1-2-4-8-20)18-12(17-10)19-7-6-14-9-19/h6-7,9,20H,1-5,8H2,(H,15,16,17,18). The van der Waals surface area contributed by atoms with Gasteiger partial charge in [0.25, 0.3) is 0 Å². The Kier molecular flexibility index (Phi) is 5.69. The second kappa shape index (κ2) is 7.76. The second-order valence-electron chi connectivity index (χ2n) is 4.26. The van der Waals surface area contributed by atoms with E-state index in [1.807, 2.05) is 0 Å². The zero-order valence-corrected chi connectivity index (χ0v) is 11.8. The van der Waals surface area contributed by atoms with E-state index < -0.39 is 0 Å². The van der Waals surface area contributed by atoms with Crippen LogP contribution in [0.25, 0.3) is 5.95 Å². The van der Waals surface area contributed by atoms with Crippen LogP contribution in [0, 0.1) is 0 Å². The third-order valence-electron chi connectivity index (χ3n) is 2.70. The van der Waals surface area contributed by atoms with Gasteiger partial charge in [0.15, 0.2) is 0 Å². The lowest BCUT2D eigenvalue weighted by molar-refractivity contribution is 0.283. The number of nitrogens with one attached hydrogen (secondary N) is 1. The first-order valence-electron chi connectivity index (χ1n) is 6.54. The van der Waals surface area contributed by atoms with Gasteiger partial charge in [-0.25, -0.2) is 4.98 Å². The Morgan fingerprint density at radius 2 is 2.00 bits per heavy atom. The Bertz CT molecular complexity index is 519. The van der Waals surface area contributed by atoms with Crippen LogP contribution in [-0.2, 0) is 0 Å². The van der Waals surface area contributed by atoms with E-state index in [0.29, 0.717) is 11.9 Å². The average Bonchev–Trinajstić information content (AvgIpc) is 2.96. The van der Waals surface area contributed by atoms with E-state index in [0.717, 1.165) is 32.2 Å². The molecule has 0 saturated heterocycles. The monoisotopic (exact) mass is 296 g/mol. The van der Waals surface area contributed by atoms with Crippen molar-refractivity contribution in [1.82, 2.24) is 24.5 Å². The average molecular weight is 297 g/mol. The minimum atomic E-state index is 0.145. The van der Waals surface area contributed by atoms with Crippen molar-refractivity contribution >= 4 is 17.5 Å². The maximum absolute atomic E-state index is 8.69. The number of hydrogen-bond donors (Lipinski definition) is 2. The minimum Gasteiger partial charge on any atom is -0.396 e. The number of halogens is 1. The quantitative estimate of drug-likeness (QED) is 0.720. The van der Waals surface area contributed by atoms with Gasteiger partial charge in [0.05, 0.1) is 0 Å². The van der Waals surface area contributed by atoms with Crippen molar-refractivity contribution in [1.29, 1.82) is 0 Å².